The molecule has 3 rings (SSSR count). The van der Waals surface area contributed by atoms with Crippen molar-refractivity contribution in [1.82, 2.24) is 9.55 Å². The molecular weight excluding hydrogens is 339 g/mol. The van der Waals surface area contributed by atoms with E-state index < -0.39 is 0 Å². The summed E-state index contributed by atoms with van der Waals surface area (Å²) in [5.41, 5.74) is 3.01. The largest absolute Gasteiger partial charge is 0.324 e. The van der Waals surface area contributed by atoms with E-state index in [4.69, 9.17) is 28.2 Å². The molecule has 0 radical (unpaired) electrons. The lowest BCUT2D eigenvalue weighted by Crippen LogP contribution is -2.00. The highest BCUT2D eigenvalue weighted by molar-refractivity contribution is 6.37. The number of hydrogen-bond donors (Lipinski definition) is 0. The second kappa shape index (κ2) is 7.87. The van der Waals surface area contributed by atoms with E-state index >= 15 is 0 Å². The smallest absolute Gasteiger partial charge is 0.133 e. The zero-order valence-electron chi connectivity index (χ0n) is 13.7. The third kappa shape index (κ3) is 3.66. The van der Waals surface area contributed by atoms with E-state index in [1.165, 1.54) is 18.4 Å². The van der Waals surface area contributed by atoms with Crippen LogP contribution in [0.4, 0.5) is 0 Å². The fourth-order valence-electron chi connectivity index (χ4n) is 2.80. The molecule has 0 aliphatic carbocycles. The van der Waals surface area contributed by atoms with Gasteiger partial charge in [0.25, 0.3) is 0 Å². The third-order valence-corrected chi connectivity index (χ3v) is 4.73. The Balaban J connectivity index is 1.99. The molecule has 0 aliphatic rings. The summed E-state index contributed by atoms with van der Waals surface area (Å²) in [6.45, 7) is 3.18. The number of aromatic nitrogens is 2. The highest BCUT2D eigenvalue weighted by Crippen LogP contribution is 2.27. The fraction of sp³-hybridized carbons (Fsp3) is 0.250. The molecule has 0 bridgehead atoms. The Bertz CT molecular complexity index is 845. The van der Waals surface area contributed by atoms with Crippen LogP contribution in [0.25, 0.3) is 23.2 Å². The van der Waals surface area contributed by atoms with Crippen molar-refractivity contribution in [3.05, 3.63) is 63.9 Å². The minimum absolute atomic E-state index is 0.646. The summed E-state index contributed by atoms with van der Waals surface area (Å²) in [4.78, 5) is 4.76. The lowest BCUT2D eigenvalue weighted by atomic mass is 10.2. The van der Waals surface area contributed by atoms with Crippen LogP contribution < -0.4 is 0 Å². The van der Waals surface area contributed by atoms with Gasteiger partial charge in [-0.05, 0) is 42.8 Å². The number of nitrogens with zero attached hydrogens (tertiary/aromatic N) is 2. The van der Waals surface area contributed by atoms with Crippen LogP contribution in [-0.2, 0) is 6.54 Å². The number of unbranched alkanes of at least 4 members (excludes halogenated alkanes) is 2. The molecule has 0 amide bonds. The van der Waals surface area contributed by atoms with Gasteiger partial charge in [-0.15, -0.1) is 0 Å². The first-order valence-corrected chi connectivity index (χ1v) is 9.03. The van der Waals surface area contributed by atoms with Gasteiger partial charge in [-0.25, -0.2) is 4.98 Å². The molecular formula is C20H20Cl2N2. The van der Waals surface area contributed by atoms with Crippen LogP contribution in [-0.4, -0.2) is 9.55 Å². The molecule has 1 heterocycles. The van der Waals surface area contributed by atoms with Gasteiger partial charge in [-0.3, -0.25) is 0 Å². The van der Waals surface area contributed by atoms with Gasteiger partial charge in [0.1, 0.15) is 5.82 Å². The Morgan fingerprint density at radius 3 is 2.46 bits per heavy atom. The van der Waals surface area contributed by atoms with Crippen molar-refractivity contribution < 1.29 is 0 Å². The van der Waals surface area contributed by atoms with Crippen LogP contribution >= 0.6 is 23.2 Å². The van der Waals surface area contributed by atoms with E-state index in [-0.39, 0.29) is 0 Å². The first-order chi connectivity index (χ1) is 11.7. The summed E-state index contributed by atoms with van der Waals surface area (Å²) < 4.78 is 2.27. The molecule has 0 saturated heterocycles. The maximum Gasteiger partial charge on any atom is 0.133 e. The van der Waals surface area contributed by atoms with Gasteiger partial charge in [0.05, 0.1) is 11.0 Å². The Morgan fingerprint density at radius 2 is 1.71 bits per heavy atom. The van der Waals surface area contributed by atoms with Crippen molar-refractivity contribution in [2.45, 2.75) is 32.7 Å². The summed E-state index contributed by atoms with van der Waals surface area (Å²) in [5.74, 6) is 0.934. The monoisotopic (exact) mass is 358 g/mol. The van der Waals surface area contributed by atoms with Crippen LogP contribution in [0.1, 0.15) is 37.6 Å². The minimum atomic E-state index is 0.646. The number of para-hydroxylation sites is 2. The molecule has 3 aromatic rings. The maximum absolute atomic E-state index is 6.25. The molecule has 0 fully saturated rings. The van der Waals surface area contributed by atoms with E-state index in [0.29, 0.717) is 10.0 Å². The van der Waals surface area contributed by atoms with Crippen LogP contribution in [0, 0.1) is 0 Å². The van der Waals surface area contributed by atoms with Gasteiger partial charge in [0.2, 0.25) is 0 Å². The quantitative estimate of drug-likeness (QED) is 0.448. The maximum atomic E-state index is 6.25. The molecule has 1 aromatic heterocycles. The number of rotatable bonds is 6. The highest BCUT2D eigenvalue weighted by Gasteiger charge is 2.08. The van der Waals surface area contributed by atoms with Gasteiger partial charge in [0.15, 0.2) is 0 Å². The van der Waals surface area contributed by atoms with Crippen LogP contribution in [0.2, 0.25) is 10.0 Å². The zero-order valence-corrected chi connectivity index (χ0v) is 15.2. The van der Waals surface area contributed by atoms with E-state index in [1.807, 2.05) is 42.5 Å². The van der Waals surface area contributed by atoms with E-state index in [1.54, 1.807) is 0 Å². The van der Waals surface area contributed by atoms with Gasteiger partial charge in [-0.1, -0.05) is 61.2 Å². The van der Waals surface area contributed by atoms with Gasteiger partial charge in [-0.2, -0.15) is 0 Å². The number of hydrogen-bond acceptors (Lipinski definition) is 1. The van der Waals surface area contributed by atoms with E-state index in [2.05, 4.69) is 23.6 Å². The molecule has 0 unspecified atom stereocenters. The number of imidazole rings is 1. The van der Waals surface area contributed by atoms with E-state index in [0.717, 1.165) is 29.9 Å². The summed E-state index contributed by atoms with van der Waals surface area (Å²) >= 11 is 12.5. The number of halogens is 2. The van der Waals surface area contributed by atoms with Crippen LogP contribution in [0.15, 0.2) is 42.5 Å². The first-order valence-electron chi connectivity index (χ1n) is 8.28. The normalized spacial score (nSPS) is 11.6. The molecule has 0 aliphatic heterocycles. The Kier molecular flexibility index (Phi) is 5.60. The van der Waals surface area contributed by atoms with Gasteiger partial charge < -0.3 is 4.57 Å². The van der Waals surface area contributed by atoms with Crippen molar-refractivity contribution >= 4 is 46.4 Å². The zero-order chi connectivity index (χ0) is 16.9. The molecule has 0 atom stereocenters. The molecule has 2 nitrogen and oxygen atoms in total. The number of aryl methyl sites for hydroxylation is 1. The molecule has 4 heteroatoms. The van der Waals surface area contributed by atoms with Gasteiger partial charge in [0, 0.05) is 22.2 Å². The summed E-state index contributed by atoms with van der Waals surface area (Å²) in [6, 6.07) is 13.8. The second-order valence-electron chi connectivity index (χ2n) is 5.79. The predicted octanol–water partition coefficient (Wildman–Crippen LogP) is 6.70. The van der Waals surface area contributed by atoms with Crippen molar-refractivity contribution in [3.8, 4) is 0 Å². The highest BCUT2D eigenvalue weighted by atomic mass is 35.5. The lowest BCUT2D eigenvalue weighted by molar-refractivity contribution is 0.610. The SMILES string of the molecule is CCCCCn1c(/C=C/c2c(Cl)cccc2Cl)nc2ccccc21. The summed E-state index contributed by atoms with van der Waals surface area (Å²) in [5, 5.41) is 1.29. The van der Waals surface area contributed by atoms with Crippen LogP contribution in [0.5, 0.6) is 0 Å². The van der Waals surface area contributed by atoms with Crippen molar-refractivity contribution in [3.63, 3.8) is 0 Å². The first kappa shape index (κ1) is 17.1. The second-order valence-corrected chi connectivity index (χ2v) is 6.60. The Morgan fingerprint density at radius 1 is 0.958 bits per heavy atom. The molecule has 0 spiro atoms. The number of fused-ring (bicyclic) bond motifs is 1. The Hall–Kier alpha value is -1.77. The molecule has 124 valence electrons. The molecule has 24 heavy (non-hydrogen) atoms. The van der Waals surface area contributed by atoms with Gasteiger partial charge >= 0.3 is 0 Å². The molecule has 2 aromatic carbocycles. The van der Waals surface area contributed by atoms with Crippen LogP contribution in [0.3, 0.4) is 0 Å². The fourth-order valence-corrected chi connectivity index (χ4v) is 3.33. The standard InChI is InChI=1S/C20H20Cl2N2/c1-2-3-6-14-24-19-11-5-4-10-18(19)23-20(24)13-12-15-16(21)8-7-9-17(15)22/h4-5,7-13H,2-3,6,14H2,1H3/b13-12+. The average molecular weight is 359 g/mol. The number of benzene rings is 2. The predicted molar refractivity (Wildman–Crippen MR) is 105 cm³/mol. The molecule has 0 saturated carbocycles. The molecule has 0 N–H and O–H groups in total. The lowest BCUT2D eigenvalue weighted by Gasteiger charge is -2.07. The summed E-state index contributed by atoms with van der Waals surface area (Å²) in [7, 11) is 0. The van der Waals surface area contributed by atoms with E-state index in [9.17, 15) is 0 Å². The summed E-state index contributed by atoms with van der Waals surface area (Å²) in [6.07, 6.45) is 7.50. The van der Waals surface area contributed by atoms with Crippen molar-refractivity contribution in [2.24, 2.45) is 0 Å². The third-order valence-electron chi connectivity index (χ3n) is 4.07. The average Bonchev–Trinajstić information content (AvgIpc) is 2.93. The Labute approximate surface area is 152 Å². The topological polar surface area (TPSA) is 17.8 Å². The minimum Gasteiger partial charge on any atom is -0.324 e. The van der Waals surface area contributed by atoms with Crippen molar-refractivity contribution in [2.75, 3.05) is 0 Å². The van der Waals surface area contributed by atoms with Crippen molar-refractivity contribution in [1.29, 1.82) is 0 Å².